The summed E-state index contributed by atoms with van der Waals surface area (Å²) in [5.41, 5.74) is 5.96. The maximum atomic E-state index is 12.0. The van der Waals surface area contributed by atoms with Crippen LogP contribution in [0.1, 0.15) is 30.0 Å². The highest BCUT2D eigenvalue weighted by Crippen LogP contribution is 2.09. The van der Waals surface area contributed by atoms with Gasteiger partial charge in [0.15, 0.2) is 0 Å². The number of nitrogens with zero attached hydrogens (tertiary/aromatic N) is 1. The fourth-order valence-corrected chi connectivity index (χ4v) is 2.50. The molecule has 1 saturated heterocycles. The Morgan fingerprint density at radius 1 is 1.57 bits per heavy atom. The van der Waals surface area contributed by atoms with Gasteiger partial charge in [0.25, 0.3) is 5.91 Å². The predicted molar refractivity (Wildman–Crippen MR) is 80.0 cm³/mol. The fourth-order valence-electron chi connectivity index (χ4n) is 2.50. The van der Waals surface area contributed by atoms with E-state index in [0.717, 1.165) is 26.2 Å². The van der Waals surface area contributed by atoms with Crippen molar-refractivity contribution < 1.29 is 13.9 Å². The molecule has 118 valence electrons. The Bertz CT molecular complexity index is 459. The van der Waals surface area contributed by atoms with Crippen LogP contribution in [0.3, 0.4) is 0 Å². The molecule has 1 aromatic rings. The molecule has 0 bridgehead atoms. The molecule has 1 aliphatic rings. The van der Waals surface area contributed by atoms with Crippen LogP contribution in [-0.2, 0) is 11.3 Å². The van der Waals surface area contributed by atoms with Crippen molar-refractivity contribution in [2.24, 2.45) is 11.7 Å². The lowest BCUT2D eigenvalue weighted by Gasteiger charge is -2.33. The normalized spacial score (nSPS) is 19.9. The minimum absolute atomic E-state index is 0.0438. The van der Waals surface area contributed by atoms with Crippen molar-refractivity contribution in [3.63, 3.8) is 0 Å². The third-order valence-corrected chi connectivity index (χ3v) is 3.45. The van der Waals surface area contributed by atoms with Crippen LogP contribution in [-0.4, -0.2) is 49.7 Å². The Morgan fingerprint density at radius 2 is 2.38 bits per heavy atom. The Balaban J connectivity index is 1.78. The number of morpholine rings is 1. The summed E-state index contributed by atoms with van der Waals surface area (Å²) in [4.78, 5) is 14.4. The van der Waals surface area contributed by atoms with Crippen LogP contribution >= 0.6 is 0 Å². The molecule has 1 aromatic heterocycles. The Hall–Kier alpha value is -1.37. The van der Waals surface area contributed by atoms with E-state index in [1.807, 2.05) is 0 Å². The molecule has 1 aliphatic heterocycles. The lowest BCUT2D eigenvalue weighted by Crippen LogP contribution is -2.48. The van der Waals surface area contributed by atoms with Crippen LogP contribution in [0.2, 0.25) is 0 Å². The Morgan fingerprint density at radius 3 is 3.05 bits per heavy atom. The highest BCUT2D eigenvalue weighted by molar-refractivity contribution is 5.93. The van der Waals surface area contributed by atoms with Crippen molar-refractivity contribution >= 4 is 5.91 Å². The van der Waals surface area contributed by atoms with E-state index >= 15 is 0 Å². The van der Waals surface area contributed by atoms with Crippen molar-refractivity contribution in [2.45, 2.75) is 26.5 Å². The molecular weight excluding hydrogens is 270 g/mol. The van der Waals surface area contributed by atoms with Crippen molar-refractivity contribution in [3.05, 3.63) is 23.7 Å². The topological polar surface area (TPSA) is 80.7 Å². The van der Waals surface area contributed by atoms with Crippen molar-refractivity contribution in [3.8, 4) is 0 Å². The highest BCUT2D eigenvalue weighted by atomic mass is 16.5. The van der Waals surface area contributed by atoms with Crippen LogP contribution in [0.25, 0.3) is 0 Å². The third kappa shape index (κ3) is 4.84. The van der Waals surface area contributed by atoms with Gasteiger partial charge in [-0.2, -0.15) is 0 Å². The molecule has 1 unspecified atom stereocenters. The van der Waals surface area contributed by atoms with E-state index in [0.29, 0.717) is 30.3 Å². The van der Waals surface area contributed by atoms with E-state index in [1.165, 1.54) is 6.26 Å². The summed E-state index contributed by atoms with van der Waals surface area (Å²) >= 11 is 0. The first-order valence-electron chi connectivity index (χ1n) is 7.48. The van der Waals surface area contributed by atoms with Gasteiger partial charge in [-0.15, -0.1) is 0 Å². The second-order valence-corrected chi connectivity index (χ2v) is 5.86. The summed E-state index contributed by atoms with van der Waals surface area (Å²) in [6.45, 7) is 8.83. The smallest absolute Gasteiger partial charge is 0.254 e. The number of ether oxygens (including phenoxy) is 1. The van der Waals surface area contributed by atoms with Crippen molar-refractivity contribution in [2.75, 3.05) is 32.8 Å². The van der Waals surface area contributed by atoms with Gasteiger partial charge >= 0.3 is 0 Å². The number of hydrogen-bond acceptors (Lipinski definition) is 5. The molecule has 0 saturated carbocycles. The zero-order valence-electron chi connectivity index (χ0n) is 12.8. The number of rotatable bonds is 6. The molecule has 6 nitrogen and oxygen atoms in total. The minimum atomic E-state index is -0.150. The number of nitrogens with one attached hydrogen (secondary N) is 1. The average molecular weight is 295 g/mol. The first-order valence-corrected chi connectivity index (χ1v) is 7.48. The van der Waals surface area contributed by atoms with Gasteiger partial charge in [-0.1, -0.05) is 13.8 Å². The fraction of sp³-hybridized carbons (Fsp3) is 0.667. The Labute approximate surface area is 125 Å². The Kier molecular flexibility index (Phi) is 5.78. The van der Waals surface area contributed by atoms with E-state index < -0.39 is 0 Å². The standard InChI is InChI=1S/C15H25N3O3/c1-11(2)8-18-3-4-20-14(9-18)7-17-15(19)12-5-13(6-16)21-10-12/h5,10-11,14H,3-4,6-9,16H2,1-2H3,(H,17,19). The van der Waals surface area contributed by atoms with E-state index in [-0.39, 0.29) is 12.0 Å². The average Bonchev–Trinajstić information content (AvgIpc) is 2.93. The predicted octanol–water partition coefficient (Wildman–Crippen LogP) is 0.825. The SMILES string of the molecule is CC(C)CN1CCOC(CNC(=O)c2coc(CN)c2)C1. The zero-order valence-corrected chi connectivity index (χ0v) is 12.8. The molecule has 21 heavy (non-hydrogen) atoms. The number of hydrogen-bond donors (Lipinski definition) is 2. The second kappa shape index (κ2) is 7.59. The maximum Gasteiger partial charge on any atom is 0.254 e. The molecule has 6 heteroatoms. The van der Waals surface area contributed by atoms with Crippen LogP contribution in [0.4, 0.5) is 0 Å². The quantitative estimate of drug-likeness (QED) is 0.812. The monoisotopic (exact) mass is 295 g/mol. The molecule has 1 fully saturated rings. The minimum Gasteiger partial charge on any atom is -0.467 e. The van der Waals surface area contributed by atoms with Crippen molar-refractivity contribution in [1.82, 2.24) is 10.2 Å². The van der Waals surface area contributed by atoms with Crippen LogP contribution in [0.15, 0.2) is 16.7 Å². The van der Waals surface area contributed by atoms with E-state index in [2.05, 4.69) is 24.1 Å². The first kappa shape index (κ1) is 16.0. The molecule has 2 heterocycles. The maximum absolute atomic E-state index is 12.0. The zero-order chi connectivity index (χ0) is 15.2. The van der Waals surface area contributed by atoms with Gasteiger partial charge in [0.05, 0.1) is 24.8 Å². The summed E-state index contributed by atoms with van der Waals surface area (Å²) in [5, 5.41) is 2.89. The molecule has 0 spiro atoms. The molecule has 1 atom stereocenters. The van der Waals surface area contributed by atoms with Gasteiger partial charge in [0.2, 0.25) is 0 Å². The second-order valence-electron chi connectivity index (χ2n) is 5.86. The molecule has 0 aliphatic carbocycles. The van der Waals surface area contributed by atoms with E-state index in [9.17, 15) is 4.79 Å². The van der Waals surface area contributed by atoms with Crippen molar-refractivity contribution in [1.29, 1.82) is 0 Å². The summed E-state index contributed by atoms with van der Waals surface area (Å²) in [7, 11) is 0. The molecule has 0 radical (unpaired) electrons. The summed E-state index contributed by atoms with van der Waals surface area (Å²) < 4.78 is 10.9. The summed E-state index contributed by atoms with van der Waals surface area (Å²) in [6, 6.07) is 1.67. The molecule has 0 aromatic carbocycles. The van der Waals surface area contributed by atoms with Gasteiger partial charge < -0.3 is 20.2 Å². The van der Waals surface area contributed by atoms with E-state index in [1.54, 1.807) is 6.07 Å². The number of nitrogens with two attached hydrogens (primary N) is 1. The summed E-state index contributed by atoms with van der Waals surface area (Å²) in [6.07, 6.45) is 1.48. The van der Waals surface area contributed by atoms with Gasteiger partial charge in [-0.05, 0) is 12.0 Å². The van der Waals surface area contributed by atoms with Gasteiger partial charge in [0.1, 0.15) is 12.0 Å². The van der Waals surface area contributed by atoms with Crippen LogP contribution in [0.5, 0.6) is 0 Å². The van der Waals surface area contributed by atoms with Crippen LogP contribution in [0, 0.1) is 5.92 Å². The molecule has 3 N–H and O–H groups in total. The lowest BCUT2D eigenvalue weighted by molar-refractivity contribution is -0.0295. The number of amides is 1. The van der Waals surface area contributed by atoms with Crippen LogP contribution < -0.4 is 11.1 Å². The first-order chi connectivity index (χ1) is 10.1. The summed E-state index contributed by atoms with van der Waals surface area (Å²) in [5.74, 6) is 1.10. The number of carbonyl (C=O) groups is 1. The van der Waals surface area contributed by atoms with Gasteiger partial charge in [-0.25, -0.2) is 0 Å². The number of carbonyl (C=O) groups excluding carboxylic acids is 1. The highest BCUT2D eigenvalue weighted by Gasteiger charge is 2.21. The van der Waals surface area contributed by atoms with Gasteiger partial charge in [0, 0.05) is 26.2 Å². The van der Waals surface area contributed by atoms with E-state index in [4.69, 9.17) is 14.9 Å². The number of furan rings is 1. The lowest BCUT2D eigenvalue weighted by atomic mass is 10.2. The van der Waals surface area contributed by atoms with Gasteiger partial charge in [-0.3, -0.25) is 9.69 Å². The third-order valence-electron chi connectivity index (χ3n) is 3.45. The largest absolute Gasteiger partial charge is 0.467 e. The molecule has 2 rings (SSSR count). The molecule has 1 amide bonds. The molecular formula is C15H25N3O3.